The minimum absolute atomic E-state index is 0.102. The van der Waals surface area contributed by atoms with Gasteiger partial charge < -0.3 is 15.0 Å². The van der Waals surface area contributed by atoms with E-state index in [1.807, 2.05) is 22.7 Å². The predicted octanol–water partition coefficient (Wildman–Crippen LogP) is 2.62. The van der Waals surface area contributed by atoms with E-state index in [1.165, 1.54) is 12.1 Å². The lowest BCUT2D eigenvalue weighted by molar-refractivity contribution is 0.0717. The Labute approximate surface area is 158 Å². The van der Waals surface area contributed by atoms with Crippen LogP contribution in [0.2, 0.25) is 0 Å². The minimum atomic E-state index is -0.342. The number of carbonyl (C=O) groups is 1. The summed E-state index contributed by atoms with van der Waals surface area (Å²) in [7, 11) is 1.59. The number of carbonyl (C=O) groups excluding carboxylic acids is 1. The number of rotatable bonds is 6. The standard InChI is InChI=1S/C19H26FN5O2/c1-14(18(27-2)16-5-7-17(20)8-6-16)22-19(26)24-10-3-4-15(12-24)13-25-11-9-21-23-25/h5-9,11,14-15,18H,3-4,10,12-13H2,1-2H3,(H,22,26). The number of ether oxygens (including phenoxy) is 1. The van der Waals surface area contributed by atoms with E-state index in [2.05, 4.69) is 15.6 Å². The number of aromatic nitrogens is 3. The van der Waals surface area contributed by atoms with Crippen molar-refractivity contribution in [3.63, 3.8) is 0 Å². The van der Waals surface area contributed by atoms with E-state index < -0.39 is 0 Å². The van der Waals surface area contributed by atoms with Gasteiger partial charge in [-0.2, -0.15) is 0 Å². The molecule has 2 aromatic rings. The first kappa shape index (κ1) is 19.3. The molecule has 0 saturated carbocycles. The summed E-state index contributed by atoms with van der Waals surface area (Å²) in [5.41, 5.74) is 0.828. The molecule has 3 rings (SSSR count). The van der Waals surface area contributed by atoms with Crippen molar-refractivity contribution in [2.75, 3.05) is 20.2 Å². The van der Waals surface area contributed by atoms with Crippen LogP contribution in [0, 0.1) is 11.7 Å². The molecule has 1 saturated heterocycles. The summed E-state index contributed by atoms with van der Waals surface area (Å²) in [6.45, 7) is 4.08. The first-order chi connectivity index (χ1) is 13.1. The quantitative estimate of drug-likeness (QED) is 0.842. The Kier molecular flexibility index (Phi) is 6.39. The highest BCUT2D eigenvalue weighted by Gasteiger charge is 2.27. The zero-order valence-corrected chi connectivity index (χ0v) is 15.7. The van der Waals surface area contributed by atoms with Gasteiger partial charge in [-0.05, 0) is 43.4 Å². The monoisotopic (exact) mass is 375 g/mol. The van der Waals surface area contributed by atoms with E-state index in [0.717, 1.165) is 31.5 Å². The van der Waals surface area contributed by atoms with Crippen molar-refractivity contribution in [1.29, 1.82) is 0 Å². The Balaban J connectivity index is 1.57. The van der Waals surface area contributed by atoms with E-state index >= 15 is 0 Å². The van der Waals surface area contributed by atoms with E-state index in [0.29, 0.717) is 12.5 Å². The van der Waals surface area contributed by atoms with Crippen LogP contribution in [0.5, 0.6) is 0 Å². The largest absolute Gasteiger partial charge is 0.375 e. The number of hydrogen-bond donors (Lipinski definition) is 1. The SMILES string of the molecule is COC(c1ccc(F)cc1)C(C)NC(=O)N1CCCC(Cn2ccnn2)C1. The molecule has 0 radical (unpaired) electrons. The normalized spacial score (nSPS) is 19.5. The Morgan fingerprint density at radius 2 is 2.19 bits per heavy atom. The fourth-order valence-electron chi connectivity index (χ4n) is 3.64. The zero-order chi connectivity index (χ0) is 19.2. The van der Waals surface area contributed by atoms with Gasteiger partial charge in [-0.3, -0.25) is 4.68 Å². The molecule has 3 atom stereocenters. The van der Waals surface area contributed by atoms with Crippen LogP contribution >= 0.6 is 0 Å². The van der Waals surface area contributed by atoms with Crippen LogP contribution in [-0.2, 0) is 11.3 Å². The third-order valence-electron chi connectivity index (χ3n) is 4.98. The smallest absolute Gasteiger partial charge is 0.317 e. The molecule has 2 heterocycles. The van der Waals surface area contributed by atoms with Gasteiger partial charge in [0.2, 0.25) is 0 Å². The second kappa shape index (κ2) is 8.94. The highest BCUT2D eigenvalue weighted by Crippen LogP contribution is 2.22. The number of nitrogens with one attached hydrogen (secondary N) is 1. The number of benzene rings is 1. The number of piperidine rings is 1. The topological polar surface area (TPSA) is 72.3 Å². The van der Waals surface area contributed by atoms with Gasteiger partial charge in [0.15, 0.2) is 0 Å². The molecule has 1 aliphatic heterocycles. The van der Waals surface area contributed by atoms with Gasteiger partial charge in [-0.25, -0.2) is 9.18 Å². The number of halogens is 1. The van der Waals surface area contributed by atoms with Gasteiger partial charge in [-0.15, -0.1) is 5.10 Å². The summed E-state index contributed by atoms with van der Waals surface area (Å²) in [4.78, 5) is 14.6. The maximum absolute atomic E-state index is 13.2. The lowest BCUT2D eigenvalue weighted by Gasteiger charge is -2.34. The molecule has 146 valence electrons. The van der Waals surface area contributed by atoms with Crippen LogP contribution in [0.1, 0.15) is 31.4 Å². The summed E-state index contributed by atoms with van der Waals surface area (Å²) < 4.78 is 20.5. The van der Waals surface area contributed by atoms with Crippen molar-refractivity contribution in [2.45, 2.75) is 38.5 Å². The minimum Gasteiger partial charge on any atom is -0.375 e. The Hall–Kier alpha value is -2.48. The second-order valence-corrected chi connectivity index (χ2v) is 7.03. The van der Waals surface area contributed by atoms with Crippen molar-refractivity contribution >= 4 is 6.03 Å². The molecule has 0 aliphatic carbocycles. The summed E-state index contributed by atoms with van der Waals surface area (Å²) in [5.74, 6) is 0.0638. The van der Waals surface area contributed by atoms with Crippen LogP contribution in [0.25, 0.3) is 0 Å². The number of hydrogen-bond acceptors (Lipinski definition) is 4. The van der Waals surface area contributed by atoms with Crippen molar-refractivity contribution in [3.8, 4) is 0 Å². The summed E-state index contributed by atoms with van der Waals surface area (Å²) in [6.07, 6.45) is 5.19. The van der Waals surface area contributed by atoms with E-state index in [9.17, 15) is 9.18 Å². The Bertz CT molecular complexity index is 722. The maximum atomic E-state index is 13.2. The highest BCUT2D eigenvalue weighted by molar-refractivity contribution is 5.74. The van der Waals surface area contributed by atoms with Gasteiger partial charge in [0.05, 0.1) is 12.2 Å². The van der Waals surface area contributed by atoms with Crippen LogP contribution in [-0.4, -0.2) is 52.2 Å². The lowest BCUT2D eigenvalue weighted by atomic mass is 9.98. The molecule has 27 heavy (non-hydrogen) atoms. The molecule has 1 fully saturated rings. The van der Waals surface area contributed by atoms with Gasteiger partial charge in [0.25, 0.3) is 0 Å². The summed E-state index contributed by atoms with van der Waals surface area (Å²) in [5, 5.41) is 10.9. The number of nitrogens with zero attached hydrogens (tertiary/aromatic N) is 4. The predicted molar refractivity (Wildman–Crippen MR) is 98.5 cm³/mol. The van der Waals surface area contributed by atoms with Crippen LogP contribution in [0.4, 0.5) is 9.18 Å². The molecular weight excluding hydrogens is 349 g/mol. The Morgan fingerprint density at radius 3 is 2.85 bits per heavy atom. The van der Waals surface area contributed by atoms with Crippen LogP contribution < -0.4 is 5.32 Å². The third-order valence-corrected chi connectivity index (χ3v) is 4.98. The maximum Gasteiger partial charge on any atom is 0.317 e. The third kappa shape index (κ3) is 5.03. The molecule has 1 N–H and O–H groups in total. The number of methoxy groups -OCH3 is 1. The van der Waals surface area contributed by atoms with Crippen molar-refractivity contribution < 1.29 is 13.9 Å². The molecule has 0 spiro atoms. The second-order valence-electron chi connectivity index (χ2n) is 7.03. The number of likely N-dealkylation sites (tertiary alicyclic amines) is 1. The van der Waals surface area contributed by atoms with Crippen LogP contribution in [0.3, 0.4) is 0 Å². The van der Waals surface area contributed by atoms with Crippen molar-refractivity contribution in [2.24, 2.45) is 5.92 Å². The number of urea groups is 1. The van der Waals surface area contributed by atoms with Gasteiger partial charge >= 0.3 is 6.03 Å². The summed E-state index contributed by atoms with van der Waals surface area (Å²) in [6, 6.07) is 5.81. The molecule has 1 aromatic heterocycles. The summed E-state index contributed by atoms with van der Waals surface area (Å²) >= 11 is 0. The fraction of sp³-hybridized carbons (Fsp3) is 0.526. The highest BCUT2D eigenvalue weighted by atomic mass is 19.1. The molecule has 7 nitrogen and oxygen atoms in total. The average molecular weight is 375 g/mol. The van der Waals surface area contributed by atoms with E-state index in [-0.39, 0.29) is 24.0 Å². The molecule has 2 amide bonds. The molecule has 1 aromatic carbocycles. The van der Waals surface area contributed by atoms with Crippen LogP contribution in [0.15, 0.2) is 36.7 Å². The first-order valence-electron chi connectivity index (χ1n) is 9.24. The zero-order valence-electron chi connectivity index (χ0n) is 15.7. The molecular formula is C19H26FN5O2. The van der Waals surface area contributed by atoms with Gasteiger partial charge in [0, 0.05) is 32.9 Å². The van der Waals surface area contributed by atoms with Gasteiger partial charge in [0.1, 0.15) is 11.9 Å². The van der Waals surface area contributed by atoms with Gasteiger partial charge in [-0.1, -0.05) is 17.3 Å². The average Bonchev–Trinajstić information content (AvgIpc) is 3.17. The van der Waals surface area contributed by atoms with E-state index in [1.54, 1.807) is 25.4 Å². The van der Waals surface area contributed by atoms with Crippen molar-refractivity contribution in [3.05, 3.63) is 48.0 Å². The van der Waals surface area contributed by atoms with E-state index in [4.69, 9.17) is 4.74 Å². The van der Waals surface area contributed by atoms with Crippen molar-refractivity contribution in [1.82, 2.24) is 25.2 Å². The molecule has 8 heteroatoms. The molecule has 3 unspecified atom stereocenters. The molecule has 0 bridgehead atoms. The Morgan fingerprint density at radius 1 is 1.41 bits per heavy atom. The molecule has 1 aliphatic rings. The lowest BCUT2D eigenvalue weighted by Crippen LogP contribution is -2.50. The fourth-order valence-corrected chi connectivity index (χ4v) is 3.64. The number of amides is 2. The first-order valence-corrected chi connectivity index (χ1v) is 9.24.